The average Bonchev–Trinajstić information content (AvgIpc) is 2.84. The molecule has 1 aliphatic heterocycles. The van der Waals surface area contributed by atoms with Crippen molar-refractivity contribution in [2.45, 2.75) is 37.7 Å². The predicted octanol–water partition coefficient (Wildman–Crippen LogP) is 2.77. The molecule has 0 unspecified atom stereocenters. The summed E-state index contributed by atoms with van der Waals surface area (Å²) in [5, 5.41) is 9.06. The smallest absolute Gasteiger partial charge is 0.339 e. The average molecular weight is 236 g/mol. The van der Waals surface area contributed by atoms with E-state index in [-0.39, 0.29) is 11.2 Å². The molecule has 1 fully saturated rings. The summed E-state index contributed by atoms with van der Waals surface area (Å²) in [7, 11) is 0. The fourth-order valence-corrected chi connectivity index (χ4v) is 2.96. The first-order valence-corrected chi connectivity index (χ1v) is 5.84. The van der Waals surface area contributed by atoms with E-state index in [1.807, 2.05) is 0 Å². The van der Waals surface area contributed by atoms with Crippen LogP contribution in [0, 0.1) is 5.82 Å². The van der Waals surface area contributed by atoms with Gasteiger partial charge in [0, 0.05) is 12.0 Å². The molecular weight excluding hydrogens is 223 g/mol. The van der Waals surface area contributed by atoms with Gasteiger partial charge < -0.3 is 9.84 Å². The van der Waals surface area contributed by atoms with Crippen molar-refractivity contribution in [1.82, 2.24) is 0 Å². The van der Waals surface area contributed by atoms with E-state index in [0.717, 1.165) is 31.7 Å². The molecule has 2 aliphatic rings. The topological polar surface area (TPSA) is 46.5 Å². The van der Waals surface area contributed by atoms with E-state index in [0.29, 0.717) is 17.7 Å². The van der Waals surface area contributed by atoms with Crippen LogP contribution in [0.5, 0.6) is 5.75 Å². The zero-order valence-corrected chi connectivity index (χ0v) is 9.33. The van der Waals surface area contributed by atoms with E-state index in [4.69, 9.17) is 9.84 Å². The molecule has 1 aromatic carbocycles. The van der Waals surface area contributed by atoms with Crippen molar-refractivity contribution in [2.75, 3.05) is 0 Å². The quantitative estimate of drug-likeness (QED) is 0.815. The lowest BCUT2D eigenvalue weighted by atomic mass is 9.95. The number of ether oxygens (including phenoxy) is 1. The van der Waals surface area contributed by atoms with Gasteiger partial charge in [-0.3, -0.25) is 0 Å². The standard InChI is InChI=1S/C13H13FO3/c14-9-5-8-7-13(3-1-2-4-13)17-11(8)10(6-9)12(15)16/h5-6H,1-4,7H2,(H,15,16). The Morgan fingerprint density at radius 3 is 2.71 bits per heavy atom. The maximum Gasteiger partial charge on any atom is 0.339 e. The maximum absolute atomic E-state index is 13.3. The van der Waals surface area contributed by atoms with Crippen LogP contribution < -0.4 is 4.74 Å². The van der Waals surface area contributed by atoms with Crippen molar-refractivity contribution in [3.63, 3.8) is 0 Å². The van der Waals surface area contributed by atoms with E-state index in [1.54, 1.807) is 0 Å². The highest BCUT2D eigenvalue weighted by Crippen LogP contribution is 2.46. The molecule has 0 radical (unpaired) electrons. The summed E-state index contributed by atoms with van der Waals surface area (Å²) < 4.78 is 19.2. The SMILES string of the molecule is O=C(O)c1cc(F)cc2c1OC1(CCCC1)C2. The summed E-state index contributed by atoms with van der Waals surface area (Å²) in [6.45, 7) is 0. The lowest BCUT2D eigenvalue weighted by Gasteiger charge is -2.22. The fourth-order valence-electron chi connectivity index (χ4n) is 2.96. The van der Waals surface area contributed by atoms with E-state index in [1.165, 1.54) is 6.07 Å². The van der Waals surface area contributed by atoms with Crippen molar-refractivity contribution >= 4 is 5.97 Å². The van der Waals surface area contributed by atoms with Crippen LogP contribution in [0.15, 0.2) is 12.1 Å². The van der Waals surface area contributed by atoms with Crippen LogP contribution in [-0.2, 0) is 6.42 Å². The first-order valence-electron chi connectivity index (χ1n) is 5.84. The Labute approximate surface area is 98.2 Å². The van der Waals surface area contributed by atoms with Gasteiger partial charge in [-0.15, -0.1) is 0 Å². The minimum Gasteiger partial charge on any atom is -0.486 e. The third-order valence-electron chi connectivity index (χ3n) is 3.71. The van der Waals surface area contributed by atoms with Crippen LogP contribution in [0.4, 0.5) is 4.39 Å². The molecule has 4 heteroatoms. The van der Waals surface area contributed by atoms with Crippen LogP contribution in [0.25, 0.3) is 0 Å². The van der Waals surface area contributed by atoms with Gasteiger partial charge in [-0.2, -0.15) is 0 Å². The minimum atomic E-state index is -1.13. The Kier molecular flexibility index (Phi) is 2.15. The van der Waals surface area contributed by atoms with E-state index in [2.05, 4.69) is 0 Å². The zero-order valence-electron chi connectivity index (χ0n) is 9.33. The number of hydrogen-bond donors (Lipinski definition) is 1. The second kappa shape index (κ2) is 3.45. The molecule has 90 valence electrons. The summed E-state index contributed by atoms with van der Waals surface area (Å²) >= 11 is 0. The van der Waals surface area contributed by atoms with E-state index >= 15 is 0 Å². The van der Waals surface area contributed by atoms with Crippen molar-refractivity contribution in [3.05, 3.63) is 29.1 Å². The number of benzene rings is 1. The van der Waals surface area contributed by atoms with Crippen LogP contribution in [0.3, 0.4) is 0 Å². The van der Waals surface area contributed by atoms with Gasteiger partial charge in [-0.05, 0) is 37.8 Å². The Morgan fingerprint density at radius 1 is 1.35 bits per heavy atom. The van der Waals surface area contributed by atoms with Gasteiger partial charge in [0.15, 0.2) is 0 Å². The molecule has 1 heterocycles. The summed E-state index contributed by atoms with van der Waals surface area (Å²) in [6.07, 6.45) is 4.70. The first-order chi connectivity index (χ1) is 8.10. The fraction of sp³-hybridized carbons (Fsp3) is 0.462. The number of halogens is 1. The summed E-state index contributed by atoms with van der Waals surface area (Å²) in [6, 6.07) is 2.43. The Balaban J connectivity index is 2.07. The van der Waals surface area contributed by atoms with Crippen molar-refractivity contribution in [1.29, 1.82) is 0 Å². The van der Waals surface area contributed by atoms with Gasteiger partial charge >= 0.3 is 5.97 Å². The number of rotatable bonds is 1. The van der Waals surface area contributed by atoms with Crippen LogP contribution in [0.2, 0.25) is 0 Å². The molecule has 1 spiro atoms. The van der Waals surface area contributed by atoms with E-state index < -0.39 is 11.8 Å². The normalized spacial score (nSPS) is 20.3. The minimum absolute atomic E-state index is 0.0521. The van der Waals surface area contributed by atoms with Crippen molar-refractivity contribution < 1.29 is 19.0 Å². The molecule has 0 atom stereocenters. The lowest BCUT2D eigenvalue weighted by molar-refractivity contribution is 0.0675. The van der Waals surface area contributed by atoms with E-state index in [9.17, 15) is 9.18 Å². The Morgan fingerprint density at radius 2 is 2.06 bits per heavy atom. The van der Waals surface area contributed by atoms with Crippen molar-refractivity contribution in [2.24, 2.45) is 0 Å². The number of carbonyl (C=O) groups is 1. The largest absolute Gasteiger partial charge is 0.486 e. The third-order valence-corrected chi connectivity index (χ3v) is 3.71. The summed E-state index contributed by atoms with van der Waals surface area (Å²) in [5.74, 6) is -1.25. The number of carboxylic acids is 1. The van der Waals surface area contributed by atoms with Gasteiger partial charge in [-0.1, -0.05) is 0 Å². The molecule has 3 nitrogen and oxygen atoms in total. The maximum atomic E-state index is 13.3. The molecular formula is C13H13FO3. The molecule has 17 heavy (non-hydrogen) atoms. The molecule has 0 aromatic heterocycles. The molecule has 0 bridgehead atoms. The molecule has 1 N–H and O–H groups in total. The second-order valence-corrected chi connectivity index (χ2v) is 4.92. The zero-order chi connectivity index (χ0) is 12.0. The molecule has 0 amide bonds. The summed E-state index contributed by atoms with van der Waals surface area (Å²) in [4.78, 5) is 11.1. The molecule has 3 rings (SSSR count). The van der Waals surface area contributed by atoms with Gasteiger partial charge in [-0.25, -0.2) is 9.18 Å². The van der Waals surface area contributed by atoms with Crippen LogP contribution in [-0.4, -0.2) is 16.7 Å². The van der Waals surface area contributed by atoms with Gasteiger partial charge in [0.2, 0.25) is 0 Å². The lowest BCUT2D eigenvalue weighted by Crippen LogP contribution is -2.30. The van der Waals surface area contributed by atoms with Crippen LogP contribution in [0.1, 0.15) is 41.6 Å². The molecule has 0 saturated heterocycles. The van der Waals surface area contributed by atoms with Gasteiger partial charge in [0.25, 0.3) is 0 Å². The molecule has 1 aromatic rings. The third kappa shape index (κ3) is 1.59. The Bertz CT molecular complexity index is 490. The summed E-state index contributed by atoms with van der Waals surface area (Å²) in [5.41, 5.74) is 0.383. The number of fused-ring (bicyclic) bond motifs is 1. The highest BCUT2D eigenvalue weighted by atomic mass is 19.1. The van der Waals surface area contributed by atoms with Crippen molar-refractivity contribution in [3.8, 4) is 5.75 Å². The number of aromatic carboxylic acids is 1. The Hall–Kier alpha value is -1.58. The van der Waals surface area contributed by atoms with Gasteiger partial charge in [0.05, 0.1) is 0 Å². The first kappa shape index (κ1) is 10.6. The second-order valence-electron chi connectivity index (χ2n) is 4.92. The molecule has 1 saturated carbocycles. The predicted molar refractivity (Wildman–Crippen MR) is 58.9 cm³/mol. The number of hydrogen-bond acceptors (Lipinski definition) is 2. The van der Waals surface area contributed by atoms with Crippen LogP contribution >= 0.6 is 0 Å². The van der Waals surface area contributed by atoms with Gasteiger partial charge in [0.1, 0.15) is 22.7 Å². The molecule has 1 aliphatic carbocycles. The highest BCUT2D eigenvalue weighted by molar-refractivity contribution is 5.91. The number of carboxylic acid groups (broad SMARTS) is 1. The highest BCUT2D eigenvalue weighted by Gasteiger charge is 2.43. The monoisotopic (exact) mass is 236 g/mol.